The van der Waals surface area contributed by atoms with Crippen LogP contribution in [0.3, 0.4) is 0 Å². The number of nitriles is 1. The quantitative estimate of drug-likeness (QED) is 0.320. The second kappa shape index (κ2) is 15.2. The number of carbonyl (C=O) groups is 3. The lowest BCUT2D eigenvalue weighted by Gasteiger charge is -2.26. The van der Waals surface area contributed by atoms with Crippen molar-refractivity contribution < 1.29 is 19.1 Å². The second-order valence-electron chi connectivity index (χ2n) is 9.56. The molecule has 3 aromatic carbocycles. The molecule has 7 heteroatoms. The van der Waals surface area contributed by atoms with Crippen LogP contribution in [0.25, 0.3) is 0 Å². The lowest BCUT2D eigenvalue weighted by molar-refractivity contribution is -0.132. The van der Waals surface area contributed by atoms with E-state index in [1.807, 2.05) is 80.6 Å². The summed E-state index contributed by atoms with van der Waals surface area (Å²) in [7, 11) is 0. The molecule has 3 aromatic rings. The van der Waals surface area contributed by atoms with Gasteiger partial charge in [0.25, 0.3) is 5.91 Å². The van der Waals surface area contributed by atoms with Crippen molar-refractivity contribution >= 4 is 17.6 Å². The fourth-order valence-corrected chi connectivity index (χ4v) is 4.13. The third-order valence-electron chi connectivity index (χ3n) is 6.66. The molecule has 3 atom stereocenters. The first kappa shape index (κ1) is 29.3. The summed E-state index contributed by atoms with van der Waals surface area (Å²) in [6, 6.07) is 26.0. The standard InChI is InChI=1S/C32H35N3O4/c1-3-23(2)30(35-31(37)27-16-10-15-26(19-27)20-33)32(38)34-28(18-17-24-11-6-4-7-12-24)29(36)22-39-21-25-13-8-5-9-14-25/h4-16,19,23,28,30H,3,17-18,21-22H2,1-2H3,(H,34,38)(H,35,37)/t23?,28-,30-/m0/s1. The summed E-state index contributed by atoms with van der Waals surface area (Å²) < 4.78 is 5.67. The monoisotopic (exact) mass is 525 g/mol. The topological polar surface area (TPSA) is 108 Å². The van der Waals surface area contributed by atoms with Gasteiger partial charge in [-0.15, -0.1) is 0 Å². The number of aryl methyl sites for hydroxylation is 1. The van der Waals surface area contributed by atoms with Crippen molar-refractivity contribution in [1.82, 2.24) is 10.6 Å². The van der Waals surface area contributed by atoms with Crippen LogP contribution in [0.15, 0.2) is 84.9 Å². The fourth-order valence-electron chi connectivity index (χ4n) is 4.13. The molecular weight excluding hydrogens is 490 g/mol. The zero-order valence-corrected chi connectivity index (χ0v) is 22.4. The Morgan fingerprint density at radius 1 is 0.897 bits per heavy atom. The Morgan fingerprint density at radius 2 is 1.56 bits per heavy atom. The molecule has 0 aliphatic heterocycles. The summed E-state index contributed by atoms with van der Waals surface area (Å²) >= 11 is 0. The van der Waals surface area contributed by atoms with Crippen molar-refractivity contribution in [2.75, 3.05) is 6.61 Å². The maximum atomic E-state index is 13.5. The van der Waals surface area contributed by atoms with Crippen molar-refractivity contribution in [2.45, 2.75) is 51.8 Å². The van der Waals surface area contributed by atoms with Crippen LogP contribution in [0.1, 0.15) is 53.7 Å². The number of ketones is 1. The maximum absolute atomic E-state index is 13.5. The largest absolute Gasteiger partial charge is 0.369 e. The van der Waals surface area contributed by atoms with Gasteiger partial charge in [-0.25, -0.2) is 0 Å². The first-order chi connectivity index (χ1) is 18.9. The van der Waals surface area contributed by atoms with Crippen LogP contribution in [-0.4, -0.2) is 36.3 Å². The van der Waals surface area contributed by atoms with E-state index in [0.29, 0.717) is 37.0 Å². The zero-order valence-electron chi connectivity index (χ0n) is 22.4. The van der Waals surface area contributed by atoms with Gasteiger partial charge in [0.15, 0.2) is 5.78 Å². The van der Waals surface area contributed by atoms with E-state index in [1.54, 1.807) is 18.2 Å². The fraction of sp³-hybridized carbons (Fsp3) is 0.312. The Hall–Kier alpha value is -4.28. The van der Waals surface area contributed by atoms with E-state index in [0.717, 1.165) is 11.1 Å². The molecule has 0 spiro atoms. The summed E-state index contributed by atoms with van der Waals surface area (Å²) in [6.45, 7) is 3.96. The third kappa shape index (κ3) is 9.20. The minimum absolute atomic E-state index is 0.143. The van der Waals surface area contributed by atoms with E-state index in [9.17, 15) is 14.4 Å². The van der Waals surface area contributed by atoms with Crippen molar-refractivity contribution in [1.29, 1.82) is 5.26 Å². The van der Waals surface area contributed by atoms with E-state index >= 15 is 0 Å². The number of nitrogens with one attached hydrogen (secondary N) is 2. The predicted octanol–water partition coefficient (Wildman–Crippen LogP) is 4.61. The number of carbonyl (C=O) groups excluding carboxylic acids is 3. The molecule has 0 aliphatic rings. The van der Waals surface area contributed by atoms with Gasteiger partial charge in [-0.1, -0.05) is 87.0 Å². The van der Waals surface area contributed by atoms with Gasteiger partial charge in [0.2, 0.25) is 5.91 Å². The molecule has 39 heavy (non-hydrogen) atoms. The predicted molar refractivity (Wildman–Crippen MR) is 150 cm³/mol. The van der Waals surface area contributed by atoms with E-state index in [4.69, 9.17) is 10.00 Å². The lowest BCUT2D eigenvalue weighted by atomic mass is 9.96. The highest BCUT2D eigenvalue weighted by molar-refractivity contribution is 5.99. The Kier molecular flexibility index (Phi) is 11.4. The second-order valence-corrected chi connectivity index (χ2v) is 9.56. The van der Waals surface area contributed by atoms with Crippen LogP contribution < -0.4 is 10.6 Å². The summed E-state index contributed by atoms with van der Waals surface area (Å²) in [6.07, 6.45) is 1.63. The van der Waals surface area contributed by atoms with E-state index in [2.05, 4.69) is 10.6 Å². The summed E-state index contributed by atoms with van der Waals surface area (Å²) in [4.78, 5) is 39.7. The number of rotatable bonds is 14. The number of amides is 2. The van der Waals surface area contributed by atoms with Gasteiger partial charge < -0.3 is 15.4 Å². The molecule has 0 saturated heterocycles. The molecule has 1 unspecified atom stereocenters. The van der Waals surface area contributed by atoms with Gasteiger partial charge in [-0.2, -0.15) is 5.26 Å². The van der Waals surface area contributed by atoms with E-state index < -0.39 is 23.9 Å². The first-order valence-electron chi connectivity index (χ1n) is 13.2. The van der Waals surface area contributed by atoms with Crippen LogP contribution in [0.2, 0.25) is 0 Å². The molecule has 0 aromatic heterocycles. The Labute approximate surface area is 230 Å². The average molecular weight is 526 g/mol. The highest BCUT2D eigenvalue weighted by atomic mass is 16.5. The van der Waals surface area contributed by atoms with Gasteiger partial charge in [0.1, 0.15) is 12.6 Å². The molecule has 0 aliphatic carbocycles. The van der Waals surface area contributed by atoms with Crippen molar-refractivity contribution in [3.8, 4) is 6.07 Å². The number of benzene rings is 3. The van der Waals surface area contributed by atoms with Crippen LogP contribution in [0.5, 0.6) is 0 Å². The molecule has 202 valence electrons. The maximum Gasteiger partial charge on any atom is 0.251 e. The van der Waals surface area contributed by atoms with Gasteiger partial charge in [-0.3, -0.25) is 14.4 Å². The van der Waals surface area contributed by atoms with E-state index in [-0.39, 0.29) is 18.3 Å². The Bertz CT molecular complexity index is 1270. The summed E-state index contributed by atoms with van der Waals surface area (Å²) in [5.41, 5.74) is 2.66. The highest BCUT2D eigenvalue weighted by Gasteiger charge is 2.30. The normalized spacial score (nSPS) is 12.9. The average Bonchev–Trinajstić information content (AvgIpc) is 2.98. The Balaban J connectivity index is 1.71. The number of Topliss-reactive ketones (excluding diaryl/α,β-unsaturated/α-hetero) is 1. The molecular formula is C32H35N3O4. The molecule has 0 bridgehead atoms. The highest BCUT2D eigenvalue weighted by Crippen LogP contribution is 2.13. The lowest BCUT2D eigenvalue weighted by Crippen LogP contribution is -2.54. The third-order valence-corrected chi connectivity index (χ3v) is 6.66. The first-order valence-corrected chi connectivity index (χ1v) is 13.2. The van der Waals surface area contributed by atoms with Crippen molar-refractivity contribution in [2.24, 2.45) is 5.92 Å². The molecule has 0 heterocycles. The number of hydrogen-bond acceptors (Lipinski definition) is 5. The molecule has 0 saturated carbocycles. The van der Waals surface area contributed by atoms with Gasteiger partial charge in [0.05, 0.1) is 24.3 Å². The van der Waals surface area contributed by atoms with Crippen LogP contribution in [-0.2, 0) is 27.4 Å². The van der Waals surface area contributed by atoms with E-state index in [1.165, 1.54) is 6.07 Å². The molecule has 0 fully saturated rings. The van der Waals surface area contributed by atoms with Crippen molar-refractivity contribution in [3.05, 3.63) is 107 Å². The molecule has 0 radical (unpaired) electrons. The van der Waals surface area contributed by atoms with Crippen LogP contribution in [0, 0.1) is 17.2 Å². The molecule has 7 nitrogen and oxygen atoms in total. The zero-order chi connectivity index (χ0) is 28.0. The van der Waals surface area contributed by atoms with Crippen LogP contribution in [0.4, 0.5) is 0 Å². The summed E-state index contributed by atoms with van der Waals surface area (Å²) in [5.74, 6) is -1.30. The molecule has 3 rings (SSSR count). The van der Waals surface area contributed by atoms with Gasteiger partial charge in [-0.05, 0) is 48.1 Å². The van der Waals surface area contributed by atoms with Crippen molar-refractivity contribution in [3.63, 3.8) is 0 Å². The number of hydrogen-bond donors (Lipinski definition) is 2. The minimum Gasteiger partial charge on any atom is -0.369 e. The summed E-state index contributed by atoms with van der Waals surface area (Å²) in [5, 5.41) is 14.9. The molecule has 2 N–H and O–H groups in total. The van der Waals surface area contributed by atoms with Crippen LogP contribution >= 0.6 is 0 Å². The smallest absolute Gasteiger partial charge is 0.251 e. The number of ether oxygens (including phenoxy) is 1. The van der Waals surface area contributed by atoms with Gasteiger partial charge >= 0.3 is 0 Å². The molecule has 2 amide bonds. The Morgan fingerprint density at radius 3 is 2.21 bits per heavy atom. The SMILES string of the molecule is CCC(C)[C@H](NC(=O)c1cccc(C#N)c1)C(=O)N[C@@H](CCc1ccccc1)C(=O)COCc1ccccc1. The minimum atomic E-state index is -0.856. The van der Waals surface area contributed by atoms with Gasteiger partial charge in [0, 0.05) is 5.56 Å². The number of nitrogens with zero attached hydrogens (tertiary/aromatic N) is 1.